The SMILES string of the molecule is Cc1ccc(OCC(=O)N/N=C\c2c(OC(=O)c3ccccc3Cl)ccc3ccccc23)cc1C. The maximum Gasteiger partial charge on any atom is 0.345 e. The first-order valence-corrected chi connectivity index (χ1v) is 11.3. The lowest BCUT2D eigenvalue weighted by Crippen LogP contribution is -2.24. The minimum atomic E-state index is -0.591. The molecule has 4 aromatic rings. The van der Waals surface area contributed by atoms with Gasteiger partial charge in [-0.3, -0.25) is 4.79 Å². The Hall–Kier alpha value is -4.16. The number of amides is 1. The molecule has 0 aliphatic heterocycles. The van der Waals surface area contributed by atoms with Crippen LogP contribution in [0, 0.1) is 13.8 Å². The second-order valence-corrected chi connectivity index (χ2v) is 8.30. The van der Waals surface area contributed by atoms with Gasteiger partial charge in [-0.15, -0.1) is 0 Å². The molecule has 4 aromatic carbocycles. The lowest BCUT2D eigenvalue weighted by Gasteiger charge is -2.11. The number of fused-ring (bicyclic) bond motifs is 1. The molecule has 1 N–H and O–H groups in total. The highest BCUT2D eigenvalue weighted by Crippen LogP contribution is 2.28. The standard InChI is InChI=1S/C28H23ClN2O4/c1-18-11-13-21(15-19(18)2)34-17-27(32)31-30-16-24-22-8-4-3-7-20(22)12-14-26(24)35-28(33)23-9-5-6-10-25(23)29/h3-16H,17H2,1-2H3,(H,31,32)/b30-16-. The maximum atomic E-state index is 12.7. The van der Waals surface area contributed by atoms with Gasteiger partial charge >= 0.3 is 5.97 Å². The van der Waals surface area contributed by atoms with Crippen LogP contribution in [-0.4, -0.2) is 24.7 Å². The van der Waals surface area contributed by atoms with Crippen molar-refractivity contribution in [1.82, 2.24) is 5.43 Å². The van der Waals surface area contributed by atoms with Crippen LogP contribution < -0.4 is 14.9 Å². The average Bonchev–Trinajstić information content (AvgIpc) is 2.86. The number of ether oxygens (including phenoxy) is 2. The minimum absolute atomic E-state index is 0.191. The van der Waals surface area contributed by atoms with Crippen molar-refractivity contribution in [2.24, 2.45) is 5.10 Å². The van der Waals surface area contributed by atoms with Crippen molar-refractivity contribution in [3.63, 3.8) is 0 Å². The second kappa shape index (κ2) is 10.8. The van der Waals surface area contributed by atoms with E-state index in [9.17, 15) is 9.59 Å². The van der Waals surface area contributed by atoms with Crippen LogP contribution in [0.15, 0.2) is 84.0 Å². The lowest BCUT2D eigenvalue weighted by molar-refractivity contribution is -0.123. The van der Waals surface area contributed by atoms with Crippen molar-refractivity contribution in [2.45, 2.75) is 13.8 Å². The highest BCUT2D eigenvalue weighted by Gasteiger charge is 2.16. The quantitative estimate of drug-likeness (QED) is 0.154. The van der Waals surface area contributed by atoms with Gasteiger partial charge in [0.25, 0.3) is 5.91 Å². The van der Waals surface area contributed by atoms with E-state index in [-0.39, 0.29) is 17.9 Å². The monoisotopic (exact) mass is 486 g/mol. The largest absolute Gasteiger partial charge is 0.484 e. The lowest BCUT2D eigenvalue weighted by atomic mass is 10.0. The second-order valence-electron chi connectivity index (χ2n) is 7.90. The van der Waals surface area contributed by atoms with Crippen molar-refractivity contribution in [3.8, 4) is 11.5 Å². The van der Waals surface area contributed by atoms with Crippen LogP contribution in [-0.2, 0) is 4.79 Å². The van der Waals surface area contributed by atoms with Gasteiger partial charge in [0.05, 0.1) is 16.8 Å². The van der Waals surface area contributed by atoms with Gasteiger partial charge in [0, 0.05) is 5.56 Å². The molecule has 0 heterocycles. The van der Waals surface area contributed by atoms with Gasteiger partial charge in [-0.25, -0.2) is 10.2 Å². The molecule has 0 radical (unpaired) electrons. The molecule has 0 bridgehead atoms. The number of benzene rings is 4. The first-order valence-electron chi connectivity index (χ1n) is 10.9. The molecule has 0 unspecified atom stereocenters. The molecular weight excluding hydrogens is 464 g/mol. The molecule has 0 atom stereocenters. The zero-order valence-electron chi connectivity index (χ0n) is 19.2. The van der Waals surface area contributed by atoms with E-state index >= 15 is 0 Å². The Kier molecular flexibility index (Phi) is 7.43. The van der Waals surface area contributed by atoms with E-state index in [1.165, 1.54) is 6.21 Å². The zero-order chi connectivity index (χ0) is 24.8. The number of hydrogen-bond donors (Lipinski definition) is 1. The first-order chi connectivity index (χ1) is 16.9. The van der Waals surface area contributed by atoms with Crippen LogP contribution in [0.25, 0.3) is 10.8 Å². The van der Waals surface area contributed by atoms with E-state index in [0.29, 0.717) is 16.3 Å². The number of aryl methyl sites for hydroxylation is 2. The summed E-state index contributed by atoms with van der Waals surface area (Å²) in [5, 5.41) is 6.10. The summed E-state index contributed by atoms with van der Waals surface area (Å²) in [5.74, 6) is -0.117. The van der Waals surface area contributed by atoms with Crippen LogP contribution in [0.1, 0.15) is 27.0 Å². The summed E-state index contributed by atoms with van der Waals surface area (Å²) in [6.45, 7) is 3.80. The van der Waals surface area contributed by atoms with E-state index in [4.69, 9.17) is 21.1 Å². The van der Waals surface area contributed by atoms with Gasteiger partial charge in [-0.05, 0) is 66.1 Å². The Balaban J connectivity index is 1.51. The van der Waals surface area contributed by atoms with E-state index in [0.717, 1.165) is 21.9 Å². The molecule has 35 heavy (non-hydrogen) atoms. The van der Waals surface area contributed by atoms with Crippen molar-refractivity contribution in [3.05, 3.63) is 106 Å². The summed E-state index contributed by atoms with van der Waals surface area (Å²) >= 11 is 6.14. The van der Waals surface area contributed by atoms with E-state index in [1.807, 2.05) is 62.4 Å². The van der Waals surface area contributed by atoms with Crippen molar-refractivity contribution in [2.75, 3.05) is 6.61 Å². The molecule has 0 fully saturated rings. The number of nitrogens with zero attached hydrogens (tertiary/aromatic N) is 1. The van der Waals surface area contributed by atoms with E-state index in [1.54, 1.807) is 30.3 Å². The van der Waals surface area contributed by atoms with Gasteiger partial charge in [-0.1, -0.05) is 60.1 Å². The Morgan fingerprint density at radius 1 is 0.943 bits per heavy atom. The number of carbonyl (C=O) groups excluding carboxylic acids is 2. The molecule has 4 rings (SSSR count). The van der Waals surface area contributed by atoms with Gasteiger partial charge in [0.15, 0.2) is 6.61 Å². The number of nitrogens with one attached hydrogen (secondary N) is 1. The molecule has 0 saturated carbocycles. The van der Waals surface area contributed by atoms with Gasteiger partial charge < -0.3 is 9.47 Å². The summed E-state index contributed by atoms with van der Waals surface area (Å²) in [7, 11) is 0. The number of hydrazone groups is 1. The van der Waals surface area contributed by atoms with Crippen LogP contribution in [0.2, 0.25) is 5.02 Å². The van der Waals surface area contributed by atoms with Crippen LogP contribution >= 0.6 is 11.6 Å². The van der Waals surface area contributed by atoms with E-state index < -0.39 is 11.9 Å². The molecule has 0 saturated heterocycles. The topological polar surface area (TPSA) is 77.0 Å². The number of carbonyl (C=O) groups is 2. The molecule has 0 aliphatic carbocycles. The Morgan fingerprint density at radius 3 is 2.51 bits per heavy atom. The van der Waals surface area contributed by atoms with Gasteiger partial charge in [-0.2, -0.15) is 5.10 Å². The fraction of sp³-hybridized carbons (Fsp3) is 0.107. The summed E-state index contributed by atoms with van der Waals surface area (Å²) in [6, 6.07) is 23.4. The van der Waals surface area contributed by atoms with Crippen LogP contribution in [0.5, 0.6) is 11.5 Å². The third-order valence-electron chi connectivity index (χ3n) is 5.46. The van der Waals surface area contributed by atoms with E-state index in [2.05, 4.69) is 10.5 Å². The predicted octanol–water partition coefficient (Wildman–Crippen LogP) is 5.86. The highest BCUT2D eigenvalue weighted by molar-refractivity contribution is 6.33. The Labute approximate surface area is 208 Å². The fourth-order valence-electron chi connectivity index (χ4n) is 3.43. The fourth-order valence-corrected chi connectivity index (χ4v) is 3.65. The number of halogens is 1. The normalized spacial score (nSPS) is 10.9. The Bertz CT molecular complexity index is 1430. The number of esters is 1. The molecule has 0 aliphatic rings. The smallest absolute Gasteiger partial charge is 0.345 e. The predicted molar refractivity (Wildman–Crippen MR) is 138 cm³/mol. The zero-order valence-corrected chi connectivity index (χ0v) is 20.0. The summed E-state index contributed by atoms with van der Waals surface area (Å²) in [6.07, 6.45) is 1.45. The molecule has 0 spiro atoms. The molecule has 0 aromatic heterocycles. The van der Waals surface area contributed by atoms with Crippen LogP contribution in [0.4, 0.5) is 0 Å². The molecule has 1 amide bonds. The molecule has 6 nitrogen and oxygen atoms in total. The molecule has 176 valence electrons. The Morgan fingerprint density at radius 2 is 1.71 bits per heavy atom. The average molecular weight is 487 g/mol. The maximum absolute atomic E-state index is 12.7. The third kappa shape index (κ3) is 5.86. The molecule has 7 heteroatoms. The van der Waals surface area contributed by atoms with Crippen LogP contribution in [0.3, 0.4) is 0 Å². The number of hydrogen-bond acceptors (Lipinski definition) is 5. The minimum Gasteiger partial charge on any atom is -0.484 e. The third-order valence-corrected chi connectivity index (χ3v) is 5.79. The summed E-state index contributed by atoms with van der Waals surface area (Å²) in [4.78, 5) is 25.0. The number of rotatable bonds is 7. The summed E-state index contributed by atoms with van der Waals surface area (Å²) in [5.41, 5.74) is 5.48. The van der Waals surface area contributed by atoms with Crippen molar-refractivity contribution >= 4 is 40.5 Å². The summed E-state index contributed by atoms with van der Waals surface area (Å²) < 4.78 is 11.2. The van der Waals surface area contributed by atoms with Crippen molar-refractivity contribution in [1.29, 1.82) is 0 Å². The molecular formula is C28H23ClN2O4. The first kappa shape index (κ1) is 24.0. The van der Waals surface area contributed by atoms with Gasteiger partial charge in [0.2, 0.25) is 0 Å². The van der Waals surface area contributed by atoms with Gasteiger partial charge in [0.1, 0.15) is 11.5 Å². The van der Waals surface area contributed by atoms with Crippen molar-refractivity contribution < 1.29 is 19.1 Å². The highest BCUT2D eigenvalue weighted by atomic mass is 35.5.